The topological polar surface area (TPSA) is 24.7 Å². The quantitative estimate of drug-likeness (QED) is 0.532. The van der Waals surface area contributed by atoms with E-state index in [0.717, 1.165) is 6.42 Å². The third-order valence-corrected chi connectivity index (χ3v) is 3.34. The number of hydrogen-bond donors (Lipinski definition) is 0. The molecule has 1 fully saturated rings. The summed E-state index contributed by atoms with van der Waals surface area (Å²) in [6.07, 6.45) is 3.65. The van der Waals surface area contributed by atoms with Gasteiger partial charge in [0.25, 0.3) is 0 Å². The zero-order chi connectivity index (χ0) is 8.77. The molecule has 0 amide bonds. The zero-order valence-electron chi connectivity index (χ0n) is 7.88. The molecule has 2 atom stereocenters. The largest absolute Gasteiger partial charge is 0.194 e. The van der Waals surface area contributed by atoms with Crippen LogP contribution in [0, 0.1) is 11.8 Å². The zero-order valence-corrected chi connectivity index (χ0v) is 7.88. The Balaban J connectivity index is 2.04. The fraction of sp³-hybridized carbons (Fsp3) is 0.800. The molecule has 0 aromatic heterocycles. The Morgan fingerprint density at radius 2 is 2.08 bits per heavy atom. The van der Waals surface area contributed by atoms with Gasteiger partial charge in [0.05, 0.1) is 0 Å². The third kappa shape index (κ3) is 1.10. The molecule has 0 N–H and O–H groups in total. The molecule has 0 unspecified atom stereocenters. The summed E-state index contributed by atoms with van der Waals surface area (Å²) in [6, 6.07) is 0. The van der Waals surface area contributed by atoms with Crippen molar-refractivity contribution >= 4 is 0 Å². The summed E-state index contributed by atoms with van der Waals surface area (Å²) >= 11 is 0. The van der Waals surface area contributed by atoms with E-state index in [2.05, 4.69) is 30.7 Å². The van der Waals surface area contributed by atoms with Gasteiger partial charge < -0.3 is 0 Å². The van der Waals surface area contributed by atoms with Crippen LogP contribution in [-0.2, 0) is 0 Å². The molecule has 2 heteroatoms. The summed E-state index contributed by atoms with van der Waals surface area (Å²) in [5.74, 6) is 1.32. The summed E-state index contributed by atoms with van der Waals surface area (Å²) in [6.45, 7) is 8.39. The molecule has 0 saturated heterocycles. The molecule has 2 rings (SSSR count). The number of rotatable bonds is 1. The van der Waals surface area contributed by atoms with Crippen LogP contribution in [0.2, 0.25) is 0 Å². The average molecular weight is 164 g/mol. The fourth-order valence-corrected chi connectivity index (χ4v) is 2.11. The van der Waals surface area contributed by atoms with Crippen molar-refractivity contribution in [2.45, 2.75) is 38.8 Å². The highest BCUT2D eigenvalue weighted by atomic mass is 15.4. The second kappa shape index (κ2) is 2.41. The molecule has 1 aliphatic heterocycles. The SMILES string of the molecule is C=C(C)[C@@H]1CC[C@@H](C)C2(C1)N=N2. The van der Waals surface area contributed by atoms with Gasteiger partial charge in [-0.15, -0.1) is 0 Å². The van der Waals surface area contributed by atoms with Gasteiger partial charge in [0.15, 0.2) is 5.66 Å². The maximum atomic E-state index is 4.19. The van der Waals surface area contributed by atoms with E-state index in [-0.39, 0.29) is 5.66 Å². The molecule has 66 valence electrons. The summed E-state index contributed by atoms with van der Waals surface area (Å²) in [5.41, 5.74) is 1.33. The maximum absolute atomic E-state index is 4.19. The highest BCUT2D eigenvalue weighted by molar-refractivity contribution is 5.09. The maximum Gasteiger partial charge on any atom is 0.194 e. The number of nitrogens with zero attached hydrogens (tertiary/aromatic N) is 2. The minimum absolute atomic E-state index is 0.0296. The molecule has 0 aromatic rings. The van der Waals surface area contributed by atoms with Crippen molar-refractivity contribution in [3.05, 3.63) is 12.2 Å². The van der Waals surface area contributed by atoms with Crippen molar-refractivity contribution in [2.75, 3.05) is 0 Å². The Hall–Kier alpha value is -0.660. The fourth-order valence-electron chi connectivity index (χ4n) is 2.11. The molecule has 12 heavy (non-hydrogen) atoms. The van der Waals surface area contributed by atoms with Crippen LogP contribution in [0.25, 0.3) is 0 Å². The predicted molar refractivity (Wildman–Crippen MR) is 48.9 cm³/mol. The van der Waals surface area contributed by atoms with E-state index < -0.39 is 0 Å². The smallest absolute Gasteiger partial charge is 0.159 e. The lowest BCUT2D eigenvalue weighted by Crippen LogP contribution is -2.31. The van der Waals surface area contributed by atoms with Crippen molar-refractivity contribution < 1.29 is 0 Å². The Labute approximate surface area is 73.8 Å². The van der Waals surface area contributed by atoms with Crippen molar-refractivity contribution in [3.8, 4) is 0 Å². The standard InChI is InChI=1S/C10H16N2/c1-7(2)9-5-4-8(3)10(6-9)11-12-10/h8-9H,1,4-6H2,2-3H3/t8-,9-/m1/s1. The molecule has 0 radical (unpaired) electrons. The average Bonchev–Trinajstić information content (AvgIpc) is 2.76. The minimum atomic E-state index is 0.0296. The van der Waals surface area contributed by atoms with Crippen molar-refractivity contribution in [1.29, 1.82) is 0 Å². The predicted octanol–water partition coefficient (Wildman–Crippen LogP) is 3.16. The van der Waals surface area contributed by atoms with Crippen LogP contribution in [0.5, 0.6) is 0 Å². The van der Waals surface area contributed by atoms with Gasteiger partial charge in [-0.05, 0) is 25.7 Å². The first kappa shape index (κ1) is 7.96. The minimum Gasteiger partial charge on any atom is -0.159 e. The van der Waals surface area contributed by atoms with Crippen molar-refractivity contribution in [2.24, 2.45) is 22.1 Å². The second-order valence-electron chi connectivity index (χ2n) is 4.30. The molecule has 1 aliphatic carbocycles. The molecule has 0 aromatic carbocycles. The monoisotopic (exact) mass is 164 g/mol. The highest BCUT2D eigenvalue weighted by Crippen LogP contribution is 2.49. The summed E-state index contributed by atoms with van der Waals surface area (Å²) in [5, 5.41) is 8.38. The Kier molecular flexibility index (Phi) is 1.60. The number of allylic oxidation sites excluding steroid dienone is 1. The first-order valence-electron chi connectivity index (χ1n) is 4.73. The lowest BCUT2D eigenvalue weighted by molar-refractivity contribution is 0.240. The number of hydrogen-bond acceptors (Lipinski definition) is 2. The lowest BCUT2D eigenvalue weighted by Gasteiger charge is -2.31. The van der Waals surface area contributed by atoms with Gasteiger partial charge in [0, 0.05) is 12.3 Å². The lowest BCUT2D eigenvalue weighted by atomic mass is 9.74. The van der Waals surface area contributed by atoms with E-state index in [1.807, 2.05) is 0 Å². The Morgan fingerprint density at radius 3 is 2.58 bits per heavy atom. The van der Waals surface area contributed by atoms with Gasteiger partial charge in [0.2, 0.25) is 0 Å². The molecular weight excluding hydrogens is 148 g/mol. The van der Waals surface area contributed by atoms with Crippen LogP contribution >= 0.6 is 0 Å². The summed E-state index contributed by atoms with van der Waals surface area (Å²) in [7, 11) is 0. The van der Waals surface area contributed by atoms with Gasteiger partial charge in [-0.1, -0.05) is 19.1 Å². The van der Waals surface area contributed by atoms with Crippen LogP contribution < -0.4 is 0 Å². The molecule has 1 saturated carbocycles. The van der Waals surface area contributed by atoms with Gasteiger partial charge in [-0.2, -0.15) is 10.2 Å². The summed E-state index contributed by atoms with van der Waals surface area (Å²) < 4.78 is 0. The van der Waals surface area contributed by atoms with Gasteiger partial charge in [-0.3, -0.25) is 0 Å². The molecule has 0 bridgehead atoms. The normalized spacial score (nSPS) is 36.8. The van der Waals surface area contributed by atoms with Gasteiger partial charge in [0.1, 0.15) is 0 Å². The second-order valence-corrected chi connectivity index (χ2v) is 4.30. The molecule has 2 aliphatic rings. The molecule has 1 spiro atoms. The molecule has 1 heterocycles. The van der Waals surface area contributed by atoms with E-state index in [9.17, 15) is 0 Å². The van der Waals surface area contributed by atoms with Crippen LogP contribution in [0.4, 0.5) is 0 Å². The highest BCUT2D eigenvalue weighted by Gasteiger charge is 2.49. The van der Waals surface area contributed by atoms with E-state index in [1.165, 1.54) is 18.4 Å². The Bertz CT molecular complexity index is 236. The van der Waals surface area contributed by atoms with Crippen LogP contribution in [0.15, 0.2) is 22.4 Å². The van der Waals surface area contributed by atoms with Crippen LogP contribution in [-0.4, -0.2) is 5.66 Å². The van der Waals surface area contributed by atoms with E-state index in [1.54, 1.807) is 0 Å². The van der Waals surface area contributed by atoms with E-state index >= 15 is 0 Å². The summed E-state index contributed by atoms with van der Waals surface area (Å²) in [4.78, 5) is 0. The first-order valence-corrected chi connectivity index (χ1v) is 4.73. The van der Waals surface area contributed by atoms with Crippen LogP contribution in [0.3, 0.4) is 0 Å². The van der Waals surface area contributed by atoms with Crippen molar-refractivity contribution in [3.63, 3.8) is 0 Å². The van der Waals surface area contributed by atoms with E-state index in [0.29, 0.717) is 11.8 Å². The van der Waals surface area contributed by atoms with Crippen molar-refractivity contribution in [1.82, 2.24) is 0 Å². The third-order valence-electron chi connectivity index (χ3n) is 3.34. The molecule has 2 nitrogen and oxygen atoms in total. The van der Waals surface area contributed by atoms with Gasteiger partial charge >= 0.3 is 0 Å². The first-order chi connectivity index (χ1) is 5.64. The van der Waals surface area contributed by atoms with Crippen LogP contribution in [0.1, 0.15) is 33.1 Å². The van der Waals surface area contributed by atoms with Gasteiger partial charge in [-0.25, -0.2) is 0 Å². The molecular formula is C10H16N2. The Morgan fingerprint density at radius 1 is 1.42 bits per heavy atom. The van der Waals surface area contributed by atoms with E-state index in [4.69, 9.17) is 0 Å².